The van der Waals surface area contributed by atoms with Gasteiger partial charge in [0.25, 0.3) is 0 Å². The highest BCUT2D eigenvalue weighted by Gasteiger charge is 2.19. The Morgan fingerprint density at radius 1 is 1.43 bits per heavy atom. The van der Waals surface area contributed by atoms with E-state index in [0.29, 0.717) is 19.0 Å². The van der Waals surface area contributed by atoms with E-state index in [9.17, 15) is 4.79 Å². The number of anilines is 1. The third kappa shape index (κ3) is 4.45. The van der Waals surface area contributed by atoms with Gasteiger partial charge < -0.3 is 15.5 Å². The van der Waals surface area contributed by atoms with Crippen LogP contribution >= 0.6 is 15.9 Å². The molecule has 1 aromatic carbocycles. The van der Waals surface area contributed by atoms with Crippen molar-refractivity contribution in [2.45, 2.75) is 32.7 Å². The maximum Gasteiger partial charge on any atom is 0.221 e. The van der Waals surface area contributed by atoms with Crippen molar-refractivity contribution in [3.63, 3.8) is 0 Å². The van der Waals surface area contributed by atoms with Crippen molar-refractivity contribution >= 4 is 27.5 Å². The molecule has 1 fully saturated rings. The van der Waals surface area contributed by atoms with Gasteiger partial charge in [0, 0.05) is 42.3 Å². The van der Waals surface area contributed by atoms with Gasteiger partial charge in [0.2, 0.25) is 5.91 Å². The average Bonchev–Trinajstić information content (AvgIpc) is 2.69. The van der Waals surface area contributed by atoms with Gasteiger partial charge in [0.1, 0.15) is 0 Å². The minimum atomic E-state index is 0.147. The zero-order chi connectivity index (χ0) is 15.2. The Labute approximate surface area is 135 Å². The van der Waals surface area contributed by atoms with Gasteiger partial charge in [-0.15, -0.1) is 0 Å². The van der Waals surface area contributed by atoms with Crippen LogP contribution in [0.1, 0.15) is 38.3 Å². The molecule has 1 amide bonds. The number of carbonyl (C=O) groups is 1. The molecule has 21 heavy (non-hydrogen) atoms. The molecule has 2 N–H and O–H groups in total. The van der Waals surface area contributed by atoms with Crippen LogP contribution < -0.4 is 15.5 Å². The Bertz CT molecular complexity index is 492. The van der Waals surface area contributed by atoms with Crippen LogP contribution in [0.15, 0.2) is 22.7 Å². The molecule has 1 atom stereocenters. The molecule has 0 bridgehead atoms. The van der Waals surface area contributed by atoms with Crippen molar-refractivity contribution in [1.29, 1.82) is 0 Å². The number of halogens is 1. The smallest absolute Gasteiger partial charge is 0.221 e. The highest BCUT2D eigenvalue weighted by atomic mass is 79.9. The van der Waals surface area contributed by atoms with Crippen molar-refractivity contribution in [1.82, 2.24) is 10.6 Å². The summed E-state index contributed by atoms with van der Waals surface area (Å²) >= 11 is 3.57. The molecule has 0 aliphatic carbocycles. The second-order valence-corrected chi connectivity index (χ2v) is 6.38. The molecular formula is C16H24BrN3O. The van der Waals surface area contributed by atoms with Gasteiger partial charge in [-0.3, -0.25) is 4.79 Å². The second kappa shape index (κ2) is 7.80. The molecule has 2 rings (SSSR count). The number of amides is 1. The van der Waals surface area contributed by atoms with Gasteiger partial charge in [-0.1, -0.05) is 22.9 Å². The number of carbonyl (C=O) groups excluding carboxylic acids is 1. The fraction of sp³-hybridized carbons (Fsp3) is 0.562. The lowest BCUT2D eigenvalue weighted by Gasteiger charge is -2.27. The molecule has 1 aliphatic heterocycles. The van der Waals surface area contributed by atoms with Crippen LogP contribution in [-0.2, 0) is 4.79 Å². The Morgan fingerprint density at radius 3 is 3.00 bits per heavy atom. The number of hydrogen-bond acceptors (Lipinski definition) is 3. The lowest BCUT2D eigenvalue weighted by molar-refractivity contribution is -0.120. The van der Waals surface area contributed by atoms with Crippen LogP contribution in [0.3, 0.4) is 0 Å². The molecule has 1 heterocycles. The summed E-state index contributed by atoms with van der Waals surface area (Å²) in [5, 5.41) is 6.48. The van der Waals surface area contributed by atoms with Gasteiger partial charge >= 0.3 is 0 Å². The third-order valence-corrected chi connectivity index (χ3v) is 4.30. The maximum absolute atomic E-state index is 11.5. The fourth-order valence-electron chi connectivity index (χ4n) is 2.64. The molecule has 1 unspecified atom stereocenters. The molecule has 0 aromatic heterocycles. The number of nitrogens with one attached hydrogen (secondary N) is 2. The van der Waals surface area contributed by atoms with E-state index in [-0.39, 0.29) is 5.91 Å². The summed E-state index contributed by atoms with van der Waals surface area (Å²) in [5.74, 6) is 0.147. The number of hydrogen-bond donors (Lipinski definition) is 2. The molecule has 1 aromatic rings. The molecule has 1 aliphatic rings. The Morgan fingerprint density at radius 2 is 2.24 bits per heavy atom. The Balaban J connectivity index is 2.23. The predicted octanol–water partition coefficient (Wildman–Crippen LogP) is 2.84. The van der Waals surface area contributed by atoms with Crippen LogP contribution in [0, 0.1) is 0 Å². The number of nitrogens with zero attached hydrogens (tertiary/aromatic N) is 1. The van der Waals surface area contributed by atoms with Crippen LogP contribution in [0.5, 0.6) is 0 Å². The summed E-state index contributed by atoms with van der Waals surface area (Å²) in [4.78, 5) is 13.8. The highest BCUT2D eigenvalue weighted by molar-refractivity contribution is 9.10. The second-order valence-electron chi connectivity index (χ2n) is 5.47. The van der Waals surface area contributed by atoms with Gasteiger partial charge in [0.15, 0.2) is 0 Å². The first-order valence-electron chi connectivity index (χ1n) is 7.66. The quantitative estimate of drug-likeness (QED) is 0.855. The topological polar surface area (TPSA) is 44.4 Å². The molecule has 0 saturated carbocycles. The molecule has 1 saturated heterocycles. The summed E-state index contributed by atoms with van der Waals surface area (Å²) in [6, 6.07) is 6.71. The van der Waals surface area contributed by atoms with E-state index in [1.807, 2.05) is 0 Å². The average molecular weight is 354 g/mol. The van der Waals surface area contributed by atoms with E-state index in [0.717, 1.165) is 30.5 Å². The summed E-state index contributed by atoms with van der Waals surface area (Å²) in [6.45, 7) is 7.73. The molecule has 116 valence electrons. The highest BCUT2D eigenvalue weighted by Crippen LogP contribution is 2.30. The predicted molar refractivity (Wildman–Crippen MR) is 90.7 cm³/mol. The first kappa shape index (κ1) is 16.3. The summed E-state index contributed by atoms with van der Waals surface area (Å²) < 4.78 is 1.09. The summed E-state index contributed by atoms with van der Waals surface area (Å²) in [5.41, 5.74) is 2.51. The standard InChI is InChI=1S/C16H24BrN3O/c1-3-7-18-12(2)14-11-13(17)4-5-15(14)20-9-6-16(21)19-8-10-20/h4-5,11-12,18H,3,6-10H2,1-2H3,(H,19,21). The van der Waals surface area contributed by atoms with E-state index in [1.54, 1.807) is 0 Å². The number of rotatable bonds is 5. The first-order valence-corrected chi connectivity index (χ1v) is 8.45. The number of benzene rings is 1. The minimum Gasteiger partial charge on any atom is -0.369 e. The van der Waals surface area contributed by atoms with Gasteiger partial charge in [-0.2, -0.15) is 0 Å². The van der Waals surface area contributed by atoms with Crippen LogP contribution in [0.2, 0.25) is 0 Å². The summed E-state index contributed by atoms with van der Waals surface area (Å²) in [6.07, 6.45) is 1.68. The maximum atomic E-state index is 11.5. The minimum absolute atomic E-state index is 0.147. The van der Waals surface area contributed by atoms with Gasteiger partial charge in [-0.05, 0) is 43.7 Å². The molecule has 0 radical (unpaired) electrons. The van der Waals surface area contributed by atoms with Crippen molar-refractivity contribution in [2.75, 3.05) is 31.1 Å². The van der Waals surface area contributed by atoms with Crippen LogP contribution in [0.25, 0.3) is 0 Å². The largest absolute Gasteiger partial charge is 0.369 e. The zero-order valence-electron chi connectivity index (χ0n) is 12.8. The van der Waals surface area contributed by atoms with Gasteiger partial charge in [-0.25, -0.2) is 0 Å². The molecule has 5 heteroatoms. The third-order valence-electron chi connectivity index (χ3n) is 3.81. The molecule has 4 nitrogen and oxygen atoms in total. The zero-order valence-corrected chi connectivity index (χ0v) is 14.4. The molecular weight excluding hydrogens is 330 g/mol. The Kier molecular flexibility index (Phi) is 6.06. The normalized spacial score (nSPS) is 17.3. The van der Waals surface area contributed by atoms with Crippen molar-refractivity contribution < 1.29 is 4.79 Å². The Hall–Kier alpha value is -1.07. The van der Waals surface area contributed by atoms with E-state index in [2.05, 4.69) is 63.5 Å². The SMILES string of the molecule is CCCNC(C)c1cc(Br)ccc1N1CCNC(=O)CC1. The van der Waals surface area contributed by atoms with Crippen molar-refractivity contribution in [3.05, 3.63) is 28.2 Å². The van der Waals surface area contributed by atoms with E-state index < -0.39 is 0 Å². The lowest BCUT2D eigenvalue weighted by atomic mass is 10.0. The summed E-state index contributed by atoms with van der Waals surface area (Å²) in [7, 11) is 0. The lowest BCUT2D eigenvalue weighted by Crippen LogP contribution is -2.30. The van der Waals surface area contributed by atoms with Crippen molar-refractivity contribution in [3.8, 4) is 0 Å². The monoisotopic (exact) mass is 353 g/mol. The van der Waals surface area contributed by atoms with E-state index >= 15 is 0 Å². The van der Waals surface area contributed by atoms with Crippen LogP contribution in [0.4, 0.5) is 5.69 Å². The fourth-order valence-corrected chi connectivity index (χ4v) is 3.02. The first-order chi connectivity index (χ1) is 10.1. The van der Waals surface area contributed by atoms with Crippen molar-refractivity contribution in [2.24, 2.45) is 0 Å². The molecule has 0 spiro atoms. The van der Waals surface area contributed by atoms with E-state index in [4.69, 9.17) is 0 Å². The van der Waals surface area contributed by atoms with E-state index in [1.165, 1.54) is 11.3 Å². The van der Waals surface area contributed by atoms with Crippen LogP contribution in [-0.4, -0.2) is 32.1 Å². The van der Waals surface area contributed by atoms with Gasteiger partial charge in [0.05, 0.1) is 0 Å².